The minimum Gasteiger partial charge on any atom is -0.444 e. The zero-order chi connectivity index (χ0) is 41.3. The maximum Gasteiger partial charge on any atom is 0.407 e. The summed E-state index contributed by atoms with van der Waals surface area (Å²) in [6, 6.07) is 4.35. The lowest BCUT2D eigenvalue weighted by Gasteiger charge is -2.24. The van der Waals surface area contributed by atoms with Crippen molar-refractivity contribution in [2.24, 2.45) is 16.8 Å². The summed E-state index contributed by atoms with van der Waals surface area (Å²) in [5.41, 5.74) is 6.42. The van der Waals surface area contributed by atoms with Crippen molar-refractivity contribution in [2.45, 2.75) is 84.3 Å². The average Bonchev–Trinajstić information content (AvgIpc) is 3.90. The fourth-order valence-electron chi connectivity index (χ4n) is 7.87. The zero-order valence-electron chi connectivity index (χ0n) is 34.1. The summed E-state index contributed by atoms with van der Waals surface area (Å²) in [5.74, 6) is 1.29. The Bertz CT molecular complexity index is 2400. The van der Waals surface area contributed by atoms with Gasteiger partial charge in [-0.25, -0.2) is 24.7 Å². The van der Waals surface area contributed by atoms with Crippen LogP contribution in [0.15, 0.2) is 29.8 Å². The molecule has 8 rings (SSSR count). The summed E-state index contributed by atoms with van der Waals surface area (Å²) in [5, 5.41) is 9.04. The van der Waals surface area contributed by atoms with E-state index < -0.39 is 11.7 Å². The van der Waals surface area contributed by atoms with Gasteiger partial charge in [-0.3, -0.25) is 14.6 Å². The Morgan fingerprint density at radius 3 is 2.09 bits per heavy atom. The number of rotatable bonds is 8. The third kappa shape index (κ3) is 9.11. The summed E-state index contributed by atoms with van der Waals surface area (Å²) >= 11 is 9.48. The molecule has 2 atom stereocenters. The molecule has 1 aliphatic heterocycles. The number of nitrogens with one attached hydrogen (secondary N) is 2. The molecule has 0 radical (unpaired) electrons. The molecule has 16 heteroatoms. The van der Waals surface area contributed by atoms with Gasteiger partial charge in [-0.1, -0.05) is 17.7 Å². The summed E-state index contributed by atoms with van der Waals surface area (Å²) in [7, 11) is 7.27. The van der Waals surface area contributed by atoms with Crippen molar-refractivity contribution < 1.29 is 19.1 Å². The molecule has 0 bridgehead atoms. The second-order valence-corrected chi connectivity index (χ2v) is 19.0. The Balaban J connectivity index is 0.000000224. The van der Waals surface area contributed by atoms with Gasteiger partial charge in [-0.2, -0.15) is 0 Å². The van der Waals surface area contributed by atoms with E-state index in [1.807, 2.05) is 55.2 Å². The maximum absolute atomic E-state index is 12.6. The topological polar surface area (TPSA) is 155 Å². The lowest BCUT2D eigenvalue weighted by atomic mass is 9.87. The molecule has 2 N–H and O–H groups in total. The zero-order valence-corrected chi connectivity index (χ0v) is 36.5. The fourth-order valence-corrected chi connectivity index (χ4v) is 10.7. The van der Waals surface area contributed by atoms with E-state index >= 15 is 0 Å². The first-order valence-electron chi connectivity index (χ1n) is 19.6. The van der Waals surface area contributed by atoms with E-state index in [1.165, 1.54) is 32.8 Å². The number of aromatic nitrogens is 4. The van der Waals surface area contributed by atoms with Gasteiger partial charge in [0.25, 0.3) is 0 Å². The van der Waals surface area contributed by atoms with Crippen LogP contribution in [0.5, 0.6) is 0 Å². The number of hydrogen-bond acceptors (Lipinski definition) is 12. The molecule has 1 aromatic carbocycles. The van der Waals surface area contributed by atoms with E-state index in [0.717, 1.165) is 94.4 Å². The minimum absolute atomic E-state index is 0.0156. The van der Waals surface area contributed by atoms with E-state index in [-0.39, 0.29) is 23.7 Å². The highest BCUT2D eigenvalue weighted by molar-refractivity contribution is 7.19. The van der Waals surface area contributed by atoms with Crippen molar-refractivity contribution in [3.63, 3.8) is 0 Å². The number of alkyl carbamates (subject to hydrolysis) is 1. The van der Waals surface area contributed by atoms with Crippen molar-refractivity contribution in [1.29, 1.82) is 0 Å². The molecule has 13 nitrogen and oxygen atoms in total. The molecule has 0 saturated carbocycles. The number of anilines is 2. The molecule has 0 spiro atoms. The number of aryl methyl sites for hydroxylation is 3. The van der Waals surface area contributed by atoms with Crippen LogP contribution in [0.25, 0.3) is 20.4 Å². The van der Waals surface area contributed by atoms with Crippen molar-refractivity contribution in [3.8, 4) is 0 Å². The van der Waals surface area contributed by atoms with Gasteiger partial charge in [0.2, 0.25) is 11.8 Å². The first-order chi connectivity index (χ1) is 27.7. The SMILES string of the molecule is CN(C)C(=O)[C@H]1CCc2c(sc3ncnc(Cl)c23)C1.CN(C)C(=O)[C@H]1CCc2c(sc3ncnc(Nc4cc5c(cc4CCCNC(=O)OC(C)(C)C)CN=C5)c23)C1. The molecule has 3 amide bonds. The third-order valence-corrected chi connectivity index (χ3v) is 13.2. The molecule has 4 aromatic heterocycles. The Kier molecular flexibility index (Phi) is 12.3. The van der Waals surface area contributed by atoms with Gasteiger partial charge >= 0.3 is 6.09 Å². The summed E-state index contributed by atoms with van der Waals surface area (Å²) in [6.07, 6.45) is 11.1. The van der Waals surface area contributed by atoms with Gasteiger partial charge in [0.1, 0.15) is 38.9 Å². The van der Waals surface area contributed by atoms with Gasteiger partial charge in [0.15, 0.2) is 0 Å². The van der Waals surface area contributed by atoms with Gasteiger partial charge < -0.3 is 25.2 Å². The number of carbonyl (C=O) groups excluding carboxylic acids is 3. The number of benzene rings is 1. The summed E-state index contributed by atoms with van der Waals surface area (Å²) < 4.78 is 5.35. The average molecular weight is 845 g/mol. The van der Waals surface area contributed by atoms with Gasteiger partial charge in [-0.05, 0) is 106 Å². The van der Waals surface area contributed by atoms with E-state index in [1.54, 1.807) is 38.8 Å². The van der Waals surface area contributed by atoms with Crippen LogP contribution in [0.2, 0.25) is 5.15 Å². The molecular formula is C42H50ClN9O4S2. The van der Waals surface area contributed by atoms with Crippen LogP contribution in [0.1, 0.15) is 77.6 Å². The highest BCUT2D eigenvalue weighted by Crippen LogP contribution is 2.42. The molecule has 0 unspecified atom stereocenters. The molecule has 58 heavy (non-hydrogen) atoms. The lowest BCUT2D eigenvalue weighted by molar-refractivity contribution is -0.134. The van der Waals surface area contributed by atoms with Crippen LogP contribution < -0.4 is 10.6 Å². The first kappa shape index (κ1) is 41.4. The molecule has 5 aromatic rings. The van der Waals surface area contributed by atoms with Gasteiger partial charge in [-0.15, -0.1) is 22.7 Å². The van der Waals surface area contributed by atoms with Crippen LogP contribution in [0.4, 0.5) is 16.3 Å². The number of ether oxygens (including phenoxy) is 1. The van der Waals surface area contributed by atoms with Crippen molar-refractivity contribution >= 4 is 90.3 Å². The van der Waals surface area contributed by atoms with Crippen LogP contribution in [-0.2, 0) is 53.0 Å². The highest BCUT2D eigenvalue weighted by atomic mass is 35.5. The Hall–Kier alpha value is -4.73. The van der Waals surface area contributed by atoms with Gasteiger partial charge in [0.05, 0.1) is 17.3 Å². The quantitative estimate of drug-likeness (QED) is 0.119. The van der Waals surface area contributed by atoms with Crippen LogP contribution >= 0.6 is 34.3 Å². The van der Waals surface area contributed by atoms with E-state index in [9.17, 15) is 14.4 Å². The van der Waals surface area contributed by atoms with Crippen LogP contribution in [0, 0.1) is 11.8 Å². The summed E-state index contributed by atoms with van der Waals surface area (Å²) in [6.45, 7) is 6.76. The Morgan fingerprint density at radius 1 is 0.862 bits per heavy atom. The Labute approximate surface area is 351 Å². The van der Waals surface area contributed by atoms with Gasteiger partial charge in [0, 0.05) is 68.2 Å². The molecule has 306 valence electrons. The predicted molar refractivity (Wildman–Crippen MR) is 232 cm³/mol. The maximum atomic E-state index is 12.6. The number of carbonyl (C=O) groups is 3. The van der Waals surface area contributed by atoms with Crippen molar-refractivity contribution in [3.05, 3.63) is 67.5 Å². The number of fused-ring (bicyclic) bond motifs is 7. The normalized spacial score (nSPS) is 16.8. The largest absolute Gasteiger partial charge is 0.444 e. The van der Waals surface area contributed by atoms with E-state index in [2.05, 4.69) is 47.7 Å². The number of thiophene rings is 2. The Morgan fingerprint density at radius 2 is 1.47 bits per heavy atom. The number of aliphatic imine (C=N–C) groups is 1. The monoisotopic (exact) mass is 843 g/mol. The molecule has 5 heterocycles. The molecule has 0 saturated heterocycles. The summed E-state index contributed by atoms with van der Waals surface area (Å²) in [4.78, 5) is 66.5. The molecule has 2 aliphatic carbocycles. The number of halogens is 1. The number of hydrogen-bond donors (Lipinski definition) is 2. The van der Waals surface area contributed by atoms with Crippen molar-refractivity contribution in [2.75, 3.05) is 40.1 Å². The van der Waals surface area contributed by atoms with E-state index in [4.69, 9.17) is 16.3 Å². The predicted octanol–water partition coefficient (Wildman–Crippen LogP) is 7.56. The van der Waals surface area contributed by atoms with Crippen LogP contribution in [-0.4, -0.2) is 94.2 Å². The number of amides is 3. The highest BCUT2D eigenvalue weighted by Gasteiger charge is 2.31. The van der Waals surface area contributed by atoms with Crippen molar-refractivity contribution in [1.82, 2.24) is 35.1 Å². The lowest BCUT2D eigenvalue weighted by Crippen LogP contribution is -2.33. The molecule has 0 fully saturated rings. The smallest absolute Gasteiger partial charge is 0.407 e. The minimum atomic E-state index is -0.520. The number of nitrogens with zero attached hydrogens (tertiary/aromatic N) is 7. The van der Waals surface area contributed by atoms with Crippen LogP contribution in [0.3, 0.4) is 0 Å². The van der Waals surface area contributed by atoms with E-state index in [0.29, 0.717) is 18.2 Å². The first-order valence-corrected chi connectivity index (χ1v) is 21.7. The fraction of sp³-hybridized carbons (Fsp3) is 0.476. The second-order valence-electron chi connectivity index (χ2n) is 16.4. The molecule has 3 aliphatic rings. The second kappa shape index (κ2) is 17.2. The third-order valence-electron chi connectivity index (χ3n) is 10.6. The molecular weight excluding hydrogens is 794 g/mol. The standard InChI is InChI=1S/C29H36N6O3S.C13H14ClN3OS/c1-29(2,3)38-28(37)31-10-6-7-17-11-19-14-30-15-20(19)12-22(17)34-25-24-21-9-8-18(27(36)35(4)5)13-23(21)39-26(24)33-16-32-25;1-17(2)13(18)7-3-4-8-9(5-7)19-12-10(8)11(14)15-6-16-12/h11-12,15-16,18H,6-10,13-14H2,1-5H3,(H,31,37)(H,32,33,34);6-7H,3-5H2,1-2H3/t18-;7-/m00/s1.